The van der Waals surface area contributed by atoms with Gasteiger partial charge in [-0.05, 0) is 18.9 Å². The molecule has 2 heterocycles. The predicted molar refractivity (Wildman–Crippen MR) is 92.6 cm³/mol. The number of aliphatic hydroxyl groups is 1. The summed E-state index contributed by atoms with van der Waals surface area (Å²) in [6.45, 7) is 0.485. The Labute approximate surface area is 148 Å². The van der Waals surface area contributed by atoms with Gasteiger partial charge < -0.3 is 15.3 Å². The minimum Gasteiger partial charge on any atom is -0.385 e. The molecule has 1 aromatic carbocycles. The summed E-state index contributed by atoms with van der Waals surface area (Å²) in [5.74, 6) is -0.193. The molecule has 4 rings (SSSR count). The minimum atomic E-state index is -1.09. The maximum Gasteiger partial charge on any atom is 0.275 e. The van der Waals surface area contributed by atoms with E-state index in [0.29, 0.717) is 31.0 Å². The molecule has 1 aliphatic carbocycles. The lowest BCUT2D eigenvalue weighted by Crippen LogP contribution is -3.19. The summed E-state index contributed by atoms with van der Waals surface area (Å²) in [5.41, 5.74) is -0.677. The SMILES string of the molecule is O=C(C[NH+]1[C@@H]2CC[C@H]1CC(O)(c1ccccc1F)C2)NC1CCCC1. The summed E-state index contributed by atoms with van der Waals surface area (Å²) in [7, 11) is 0. The first kappa shape index (κ1) is 17.0. The highest BCUT2D eigenvalue weighted by Gasteiger charge is 2.52. The zero-order valence-electron chi connectivity index (χ0n) is 14.6. The van der Waals surface area contributed by atoms with Crippen LogP contribution >= 0.6 is 0 Å². The number of hydrogen-bond donors (Lipinski definition) is 3. The topological polar surface area (TPSA) is 53.8 Å². The van der Waals surface area contributed by atoms with Gasteiger partial charge in [-0.15, -0.1) is 0 Å². The largest absolute Gasteiger partial charge is 0.385 e. The van der Waals surface area contributed by atoms with E-state index in [-0.39, 0.29) is 23.8 Å². The van der Waals surface area contributed by atoms with E-state index in [1.165, 1.54) is 23.8 Å². The van der Waals surface area contributed by atoms with Crippen molar-refractivity contribution in [2.45, 2.75) is 75.1 Å². The highest BCUT2D eigenvalue weighted by atomic mass is 19.1. The summed E-state index contributed by atoms with van der Waals surface area (Å²) in [5, 5.41) is 14.3. The van der Waals surface area contributed by atoms with Gasteiger partial charge in [-0.25, -0.2) is 4.39 Å². The van der Waals surface area contributed by atoms with Gasteiger partial charge >= 0.3 is 0 Å². The van der Waals surface area contributed by atoms with Gasteiger partial charge in [-0.1, -0.05) is 31.0 Å². The van der Waals surface area contributed by atoms with Crippen molar-refractivity contribution < 1.29 is 19.2 Å². The molecule has 136 valence electrons. The summed E-state index contributed by atoms with van der Waals surface area (Å²) in [6.07, 6.45) is 7.71. The van der Waals surface area contributed by atoms with E-state index in [1.807, 2.05) is 0 Å². The Hall–Kier alpha value is -1.46. The standard InChI is InChI=1S/C20H27FN2O2/c21-18-8-4-3-7-17(18)20(25)11-15-9-10-16(12-20)23(15)13-19(24)22-14-5-1-2-6-14/h3-4,7-8,14-16,25H,1-2,5-6,9-13H2,(H,22,24)/p+1/t15-,16+,20?. The van der Waals surface area contributed by atoms with Crippen molar-refractivity contribution >= 4 is 5.91 Å². The lowest BCUT2D eigenvalue weighted by molar-refractivity contribution is -0.936. The van der Waals surface area contributed by atoms with Crippen molar-refractivity contribution in [3.63, 3.8) is 0 Å². The van der Waals surface area contributed by atoms with Gasteiger partial charge in [-0.3, -0.25) is 4.79 Å². The number of carbonyl (C=O) groups is 1. The molecule has 3 aliphatic rings. The third-order valence-corrected chi connectivity index (χ3v) is 6.54. The second-order valence-corrected chi connectivity index (χ2v) is 8.19. The smallest absolute Gasteiger partial charge is 0.275 e. The molecule has 3 fully saturated rings. The van der Waals surface area contributed by atoms with Crippen molar-refractivity contribution in [2.75, 3.05) is 6.54 Å². The molecule has 2 aliphatic heterocycles. The number of halogens is 1. The predicted octanol–water partition coefficient (Wildman–Crippen LogP) is 1.28. The number of rotatable bonds is 4. The number of quaternary nitrogens is 1. The average molecular weight is 347 g/mol. The number of hydrogen-bond acceptors (Lipinski definition) is 2. The second-order valence-electron chi connectivity index (χ2n) is 8.19. The van der Waals surface area contributed by atoms with Crippen LogP contribution in [0.2, 0.25) is 0 Å². The van der Waals surface area contributed by atoms with E-state index in [4.69, 9.17) is 0 Å². The molecule has 2 saturated heterocycles. The number of carbonyl (C=O) groups excluding carboxylic acids is 1. The molecule has 2 unspecified atom stereocenters. The molecular weight excluding hydrogens is 319 g/mol. The van der Waals surface area contributed by atoms with Gasteiger partial charge in [0.2, 0.25) is 0 Å². The lowest BCUT2D eigenvalue weighted by Gasteiger charge is -2.41. The van der Waals surface area contributed by atoms with Crippen LogP contribution in [0.5, 0.6) is 0 Å². The van der Waals surface area contributed by atoms with Crippen molar-refractivity contribution in [1.29, 1.82) is 0 Å². The number of benzene rings is 1. The molecule has 2 bridgehead atoms. The van der Waals surface area contributed by atoms with Gasteiger partial charge in [0.1, 0.15) is 11.4 Å². The van der Waals surface area contributed by atoms with Gasteiger partial charge in [0.05, 0.1) is 12.1 Å². The Morgan fingerprint density at radius 3 is 2.44 bits per heavy atom. The van der Waals surface area contributed by atoms with Crippen LogP contribution < -0.4 is 10.2 Å². The van der Waals surface area contributed by atoms with Crippen LogP contribution in [0.25, 0.3) is 0 Å². The molecule has 0 radical (unpaired) electrons. The summed E-state index contributed by atoms with van der Waals surface area (Å²) in [4.78, 5) is 13.7. The molecule has 5 heteroatoms. The first-order valence-electron chi connectivity index (χ1n) is 9.67. The van der Waals surface area contributed by atoms with Crippen LogP contribution in [0.3, 0.4) is 0 Å². The zero-order chi connectivity index (χ0) is 17.4. The van der Waals surface area contributed by atoms with Crippen LogP contribution in [0.15, 0.2) is 24.3 Å². The van der Waals surface area contributed by atoms with E-state index in [1.54, 1.807) is 18.2 Å². The second kappa shape index (κ2) is 6.69. The van der Waals surface area contributed by atoms with E-state index < -0.39 is 5.60 Å². The van der Waals surface area contributed by atoms with Crippen molar-refractivity contribution in [3.8, 4) is 0 Å². The molecular formula is C20H28FN2O2+. The van der Waals surface area contributed by atoms with Crippen LogP contribution in [-0.4, -0.2) is 35.7 Å². The maximum atomic E-state index is 14.2. The average Bonchev–Trinajstić information content (AvgIpc) is 3.15. The van der Waals surface area contributed by atoms with Crippen LogP contribution in [0.1, 0.15) is 56.9 Å². The molecule has 1 saturated carbocycles. The van der Waals surface area contributed by atoms with E-state index >= 15 is 0 Å². The van der Waals surface area contributed by atoms with E-state index in [9.17, 15) is 14.3 Å². The quantitative estimate of drug-likeness (QED) is 0.769. The molecule has 25 heavy (non-hydrogen) atoms. The van der Waals surface area contributed by atoms with Crippen LogP contribution in [0.4, 0.5) is 4.39 Å². The molecule has 0 spiro atoms. The number of amides is 1. The fraction of sp³-hybridized carbons (Fsp3) is 0.650. The zero-order valence-corrected chi connectivity index (χ0v) is 14.6. The molecule has 1 aromatic rings. The minimum absolute atomic E-state index is 0.134. The Kier molecular flexibility index (Phi) is 4.54. The summed E-state index contributed by atoms with van der Waals surface area (Å²) < 4.78 is 14.2. The Morgan fingerprint density at radius 1 is 1.16 bits per heavy atom. The molecule has 0 aromatic heterocycles. The first-order chi connectivity index (χ1) is 12.0. The molecule has 3 N–H and O–H groups in total. The van der Waals surface area contributed by atoms with Crippen molar-refractivity contribution in [3.05, 3.63) is 35.6 Å². The van der Waals surface area contributed by atoms with E-state index in [0.717, 1.165) is 25.7 Å². The van der Waals surface area contributed by atoms with Crippen LogP contribution in [-0.2, 0) is 10.4 Å². The molecule has 1 amide bonds. The van der Waals surface area contributed by atoms with Gasteiger partial charge in [0, 0.05) is 37.3 Å². The highest BCUT2D eigenvalue weighted by Crippen LogP contribution is 2.39. The summed E-state index contributed by atoms with van der Waals surface area (Å²) >= 11 is 0. The summed E-state index contributed by atoms with van der Waals surface area (Å²) in [6, 6.07) is 7.38. The fourth-order valence-corrected chi connectivity index (χ4v) is 5.35. The van der Waals surface area contributed by atoms with E-state index in [2.05, 4.69) is 5.32 Å². The first-order valence-corrected chi connectivity index (χ1v) is 9.67. The number of piperidine rings is 1. The van der Waals surface area contributed by atoms with Crippen LogP contribution in [0, 0.1) is 5.82 Å². The van der Waals surface area contributed by atoms with Crippen molar-refractivity contribution in [1.82, 2.24) is 5.32 Å². The maximum absolute atomic E-state index is 14.2. The molecule has 4 atom stereocenters. The lowest BCUT2D eigenvalue weighted by atomic mass is 9.80. The third kappa shape index (κ3) is 3.32. The van der Waals surface area contributed by atoms with Crippen molar-refractivity contribution in [2.24, 2.45) is 0 Å². The number of nitrogens with one attached hydrogen (secondary N) is 2. The fourth-order valence-electron chi connectivity index (χ4n) is 5.35. The van der Waals surface area contributed by atoms with Gasteiger partial charge in [-0.2, -0.15) is 0 Å². The monoisotopic (exact) mass is 347 g/mol. The third-order valence-electron chi connectivity index (χ3n) is 6.54. The Morgan fingerprint density at radius 2 is 1.80 bits per heavy atom. The highest BCUT2D eigenvalue weighted by molar-refractivity contribution is 5.77. The normalized spacial score (nSPS) is 35.0. The van der Waals surface area contributed by atoms with Gasteiger partial charge in [0.15, 0.2) is 6.54 Å². The Bertz CT molecular complexity index is 630. The Balaban J connectivity index is 1.43. The number of fused-ring (bicyclic) bond motifs is 2. The van der Waals surface area contributed by atoms with Gasteiger partial charge in [0.25, 0.3) is 5.91 Å². The molecule has 4 nitrogen and oxygen atoms in total.